The second kappa shape index (κ2) is 14.2. The lowest BCUT2D eigenvalue weighted by molar-refractivity contribution is 1.13. The fourth-order valence-corrected chi connectivity index (χ4v) is 6.94. The highest BCUT2D eigenvalue weighted by molar-refractivity contribution is 6.19. The van der Waals surface area contributed by atoms with Gasteiger partial charge < -0.3 is 19.8 Å². The highest BCUT2D eigenvalue weighted by atomic mass is 15.1. The molecule has 0 spiro atoms. The van der Waals surface area contributed by atoms with Gasteiger partial charge in [-0.25, -0.2) is 9.98 Å². The van der Waals surface area contributed by atoms with Crippen LogP contribution >= 0.6 is 0 Å². The summed E-state index contributed by atoms with van der Waals surface area (Å²) >= 11 is 0. The second-order valence-electron chi connectivity index (χ2n) is 12.6. The Kier molecular flexibility index (Phi) is 8.80. The van der Waals surface area contributed by atoms with E-state index in [0.29, 0.717) is 11.4 Å². The Labute approximate surface area is 308 Å². The molecule has 6 aromatic carbocycles. The van der Waals surface area contributed by atoms with Crippen LogP contribution in [0.1, 0.15) is 18.1 Å². The van der Waals surface area contributed by atoms with Gasteiger partial charge in [0.25, 0.3) is 0 Å². The lowest BCUT2D eigenvalue weighted by atomic mass is 10.1. The lowest BCUT2D eigenvalue weighted by Gasteiger charge is -2.26. The van der Waals surface area contributed by atoms with Crippen LogP contribution in [0.3, 0.4) is 0 Å². The van der Waals surface area contributed by atoms with Crippen molar-refractivity contribution in [3.05, 3.63) is 188 Å². The third-order valence-corrected chi connectivity index (χ3v) is 9.38. The van der Waals surface area contributed by atoms with Crippen LogP contribution < -0.4 is 10.6 Å². The molecule has 0 bridgehead atoms. The molecule has 0 fully saturated rings. The topological polar surface area (TPSA) is 87.7 Å². The summed E-state index contributed by atoms with van der Waals surface area (Å²) in [7, 11) is 0. The minimum absolute atomic E-state index is 0.172. The van der Waals surface area contributed by atoms with Crippen molar-refractivity contribution >= 4 is 67.7 Å². The Morgan fingerprint density at radius 2 is 1.30 bits per heavy atom. The highest BCUT2D eigenvalue weighted by Gasteiger charge is 2.20. The van der Waals surface area contributed by atoms with Crippen LogP contribution in [0.5, 0.6) is 0 Å². The number of anilines is 3. The Bertz CT molecular complexity index is 2700. The average Bonchev–Trinajstić information content (AvgIpc) is 3.80. The molecule has 8 rings (SSSR count). The number of nitrogens with zero attached hydrogens (tertiary/aromatic N) is 5. The number of amidine groups is 2. The first-order valence-corrected chi connectivity index (χ1v) is 17.4. The molecule has 256 valence electrons. The van der Waals surface area contributed by atoms with Gasteiger partial charge in [0.2, 0.25) is 0 Å². The van der Waals surface area contributed by atoms with Gasteiger partial charge in [-0.2, -0.15) is 0 Å². The number of rotatable bonds is 9. The molecular formula is C46H37N7. The van der Waals surface area contributed by atoms with Gasteiger partial charge >= 0.3 is 0 Å². The zero-order chi connectivity index (χ0) is 36.3. The predicted molar refractivity (Wildman–Crippen MR) is 223 cm³/mol. The van der Waals surface area contributed by atoms with E-state index in [1.165, 1.54) is 11.6 Å². The van der Waals surface area contributed by atoms with Crippen molar-refractivity contribution in [3.63, 3.8) is 0 Å². The van der Waals surface area contributed by atoms with E-state index in [2.05, 4.69) is 140 Å². The molecule has 0 saturated heterocycles. The molecule has 0 aliphatic rings. The third-order valence-electron chi connectivity index (χ3n) is 9.38. The summed E-state index contributed by atoms with van der Waals surface area (Å²) in [6, 6.07) is 50.4. The van der Waals surface area contributed by atoms with Crippen molar-refractivity contribution in [2.75, 3.05) is 4.90 Å². The molecule has 3 N–H and O–H groups in total. The van der Waals surface area contributed by atoms with Crippen molar-refractivity contribution in [3.8, 4) is 11.4 Å². The van der Waals surface area contributed by atoms with E-state index in [-0.39, 0.29) is 5.84 Å². The number of aromatic nitrogens is 2. The zero-order valence-electron chi connectivity index (χ0n) is 29.3. The molecule has 0 aliphatic carbocycles. The van der Waals surface area contributed by atoms with E-state index in [1.54, 1.807) is 12.3 Å². The number of hydrogen-bond donors (Lipinski definition) is 2. The van der Waals surface area contributed by atoms with E-state index in [4.69, 9.17) is 11.1 Å². The lowest BCUT2D eigenvalue weighted by Crippen LogP contribution is -2.14. The van der Waals surface area contributed by atoms with Gasteiger partial charge in [-0.05, 0) is 110 Å². The van der Waals surface area contributed by atoms with Crippen LogP contribution in [0.25, 0.3) is 44.1 Å². The fourth-order valence-electron chi connectivity index (χ4n) is 6.94. The Balaban J connectivity index is 1.33. The van der Waals surface area contributed by atoms with Gasteiger partial charge in [0, 0.05) is 74.3 Å². The first-order chi connectivity index (χ1) is 26.1. The summed E-state index contributed by atoms with van der Waals surface area (Å²) < 4.78 is 4.63. The molecule has 8 aromatic rings. The average molecular weight is 688 g/mol. The molecular weight excluding hydrogens is 651 g/mol. The van der Waals surface area contributed by atoms with Gasteiger partial charge in [0.15, 0.2) is 5.84 Å². The monoisotopic (exact) mass is 687 g/mol. The summed E-state index contributed by atoms with van der Waals surface area (Å²) in [6.45, 7) is 5.59. The Hall–Kier alpha value is -7.25. The maximum Gasteiger partial charge on any atom is 0.151 e. The van der Waals surface area contributed by atoms with Crippen LogP contribution in [0.15, 0.2) is 187 Å². The van der Waals surface area contributed by atoms with Crippen molar-refractivity contribution < 1.29 is 0 Å². The first-order valence-electron chi connectivity index (χ1n) is 17.4. The SMILES string of the molecule is C=CC=NC(=N)c1ccc(N(c2ccc(C(N)=N/C=C\C)cc2)c2ccc3c(c2)c2ccc4c(ccn4-c4ccccc4)c2n3-c2ccccc2)cc1. The van der Waals surface area contributed by atoms with Crippen LogP contribution in [-0.2, 0) is 0 Å². The zero-order valence-corrected chi connectivity index (χ0v) is 29.3. The van der Waals surface area contributed by atoms with E-state index >= 15 is 0 Å². The quantitative estimate of drug-likeness (QED) is 0.117. The van der Waals surface area contributed by atoms with Crippen molar-refractivity contribution in [1.82, 2.24) is 9.13 Å². The Morgan fingerprint density at radius 3 is 1.96 bits per heavy atom. The van der Waals surface area contributed by atoms with Crippen molar-refractivity contribution in [2.24, 2.45) is 15.7 Å². The summed E-state index contributed by atoms with van der Waals surface area (Å²) in [5.74, 6) is 0.623. The standard InChI is InChI=1S/C46H37N7/c1-3-28-49-45(47)32-15-19-36(20-16-32)52(37-21-17-33(18-22-37)46(48)50-29-4-2)38-23-25-43-41(31-38)39-24-26-42-40(27-30-51(42)34-11-7-5-8-12-34)44(39)53(43)35-13-9-6-10-14-35/h3-31,47H,1H2,2H3,(H2,48,50)/b29-4-,47-45?,49-28?. The molecule has 0 atom stereocenters. The van der Waals surface area contributed by atoms with Gasteiger partial charge in [0.05, 0.1) is 16.6 Å². The molecule has 7 nitrogen and oxygen atoms in total. The maximum absolute atomic E-state index is 8.41. The number of benzene rings is 6. The van der Waals surface area contributed by atoms with Crippen LogP contribution in [0.4, 0.5) is 17.1 Å². The summed E-state index contributed by atoms with van der Waals surface area (Å²) in [5, 5.41) is 11.9. The first kappa shape index (κ1) is 32.9. The number of hydrogen-bond acceptors (Lipinski definition) is 3. The molecule has 0 saturated carbocycles. The summed E-state index contributed by atoms with van der Waals surface area (Å²) in [4.78, 5) is 10.7. The molecule has 2 aromatic heterocycles. The Morgan fingerprint density at radius 1 is 0.679 bits per heavy atom. The van der Waals surface area contributed by atoms with Gasteiger partial charge in [-0.1, -0.05) is 61.2 Å². The van der Waals surface area contributed by atoms with Crippen LogP contribution in [-0.4, -0.2) is 27.0 Å². The highest BCUT2D eigenvalue weighted by Crippen LogP contribution is 2.42. The second-order valence-corrected chi connectivity index (χ2v) is 12.6. The van der Waals surface area contributed by atoms with E-state index in [1.807, 2.05) is 55.5 Å². The maximum atomic E-state index is 8.41. The predicted octanol–water partition coefficient (Wildman–Crippen LogP) is 11.0. The minimum Gasteiger partial charge on any atom is -0.383 e. The van der Waals surface area contributed by atoms with E-state index < -0.39 is 0 Å². The molecule has 53 heavy (non-hydrogen) atoms. The third kappa shape index (κ3) is 6.10. The smallest absolute Gasteiger partial charge is 0.151 e. The van der Waals surface area contributed by atoms with Gasteiger partial charge in [-0.3, -0.25) is 5.41 Å². The fraction of sp³-hybridized carbons (Fsp3) is 0.0217. The molecule has 7 heteroatoms. The molecule has 0 radical (unpaired) electrons. The van der Waals surface area contributed by atoms with Crippen molar-refractivity contribution in [2.45, 2.75) is 6.92 Å². The largest absolute Gasteiger partial charge is 0.383 e. The number of allylic oxidation sites excluding steroid dienone is 2. The number of fused-ring (bicyclic) bond motifs is 5. The molecule has 0 amide bonds. The summed E-state index contributed by atoms with van der Waals surface area (Å²) in [6.07, 6.45) is 8.80. The van der Waals surface area contributed by atoms with Crippen molar-refractivity contribution in [1.29, 1.82) is 5.41 Å². The van der Waals surface area contributed by atoms with Gasteiger partial charge in [0.1, 0.15) is 5.84 Å². The molecule has 2 heterocycles. The normalized spacial score (nSPS) is 12.1. The number of aliphatic imine (C=N–C) groups is 2. The summed E-state index contributed by atoms with van der Waals surface area (Å²) in [5.41, 5.74) is 16.4. The van der Waals surface area contributed by atoms with Gasteiger partial charge in [-0.15, -0.1) is 0 Å². The van der Waals surface area contributed by atoms with Crippen LogP contribution in [0, 0.1) is 5.41 Å². The minimum atomic E-state index is 0.172. The number of para-hydroxylation sites is 2. The molecule has 0 aliphatic heterocycles. The number of nitrogens with two attached hydrogens (primary N) is 1. The van der Waals surface area contributed by atoms with E-state index in [9.17, 15) is 0 Å². The van der Waals surface area contributed by atoms with Crippen LogP contribution in [0.2, 0.25) is 0 Å². The van der Waals surface area contributed by atoms with E-state index in [0.717, 1.165) is 61.3 Å². The number of nitrogens with one attached hydrogen (secondary N) is 1. The molecule has 0 unspecified atom stereocenters.